The summed E-state index contributed by atoms with van der Waals surface area (Å²) in [5, 5.41) is 0. The van der Waals surface area contributed by atoms with Crippen LogP contribution >= 0.6 is 0 Å². The minimum absolute atomic E-state index is 0.174. The smallest absolute Gasteiger partial charge is 0.262 e. The van der Waals surface area contributed by atoms with Crippen LogP contribution in [0.3, 0.4) is 0 Å². The Labute approximate surface area is 211 Å². The van der Waals surface area contributed by atoms with Crippen molar-refractivity contribution in [1.29, 1.82) is 0 Å². The van der Waals surface area contributed by atoms with Crippen molar-refractivity contribution >= 4 is 36.2 Å². The van der Waals surface area contributed by atoms with Crippen molar-refractivity contribution in [1.82, 2.24) is 9.80 Å². The highest BCUT2D eigenvalue weighted by Crippen LogP contribution is 2.36. The lowest BCUT2D eigenvalue weighted by Gasteiger charge is -2.22. The van der Waals surface area contributed by atoms with Crippen molar-refractivity contribution in [3.05, 3.63) is 82.0 Å². The van der Waals surface area contributed by atoms with E-state index in [4.69, 9.17) is 4.74 Å². The summed E-state index contributed by atoms with van der Waals surface area (Å²) in [5.41, 5.74) is 1.66. The SMILES string of the molecule is O=CC1=CCCC1N1C(=O)c2ccc(Oc3ccc4c(c3)C(=O)N(C3CCC=C3C=O)C4=O)cc2C1=O. The molecule has 2 aliphatic heterocycles. The number of allylic oxidation sites excluding steroid dienone is 2. The molecule has 2 aromatic carbocycles. The molecule has 0 aromatic heterocycles. The van der Waals surface area contributed by atoms with E-state index in [0.717, 1.165) is 9.80 Å². The van der Waals surface area contributed by atoms with Gasteiger partial charge in [0.1, 0.15) is 24.1 Å². The summed E-state index contributed by atoms with van der Waals surface area (Å²) in [5.74, 6) is -1.35. The van der Waals surface area contributed by atoms with Gasteiger partial charge >= 0.3 is 0 Å². The largest absolute Gasteiger partial charge is 0.457 e. The van der Waals surface area contributed by atoms with Crippen LogP contribution in [0.15, 0.2) is 59.7 Å². The Hall–Kier alpha value is -4.66. The number of nitrogens with zero attached hydrogens (tertiary/aromatic N) is 2. The number of amides is 4. The number of imide groups is 2. The maximum atomic E-state index is 13.1. The fraction of sp³-hybridized carbons (Fsp3) is 0.214. The molecule has 2 heterocycles. The number of hydrogen-bond acceptors (Lipinski definition) is 7. The molecule has 2 atom stereocenters. The molecule has 4 amide bonds. The van der Waals surface area contributed by atoms with Gasteiger partial charge in [0.05, 0.1) is 34.3 Å². The van der Waals surface area contributed by atoms with Crippen molar-refractivity contribution in [2.24, 2.45) is 0 Å². The molecule has 0 fully saturated rings. The van der Waals surface area contributed by atoms with Gasteiger partial charge in [0.2, 0.25) is 0 Å². The van der Waals surface area contributed by atoms with E-state index in [9.17, 15) is 28.8 Å². The first-order chi connectivity index (χ1) is 17.9. The summed E-state index contributed by atoms with van der Waals surface area (Å²) < 4.78 is 5.90. The monoisotopic (exact) mass is 496 g/mol. The minimum Gasteiger partial charge on any atom is -0.457 e. The second-order valence-electron chi connectivity index (χ2n) is 9.31. The molecule has 2 aliphatic carbocycles. The van der Waals surface area contributed by atoms with Crippen molar-refractivity contribution in [2.45, 2.75) is 37.8 Å². The summed E-state index contributed by atoms with van der Waals surface area (Å²) in [7, 11) is 0. The van der Waals surface area contributed by atoms with E-state index in [0.29, 0.717) is 49.4 Å². The zero-order chi connectivity index (χ0) is 25.8. The van der Waals surface area contributed by atoms with Gasteiger partial charge < -0.3 is 4.74 Å². The molecule has 9 nitrogen and oxygen atoms in total. The Morgan fingerprint density at radius 3 is 1.43 bits per heavy atom. The maximum Gasteiger partial charge on any atom is 0.262 e. The van der Waals surface area contributed by atoms with Gasteiger partial charge in [0, 0.05) is 11.1 Å². The Kier molecular flexibility index (Phi) is 5.22. The van der Waals surface area contributed by atoms with Crippen LogP contribution in [0.25, 0.3) is 0 Å². The van der Waals surface area contributed by atoms with Gasteiger partial charge in [-0.2, -0.15) is 0 Å². The Morgan fingerprint density at radius 1 is 0.622 bits per heavy atom. The standard InChI is InChI=1S/C28H20N2O7/c31-13-15-3-1-5-23(15)29-25(33)19-9-7-17(11-21(19)27(29)35)37-18-8-10-20-22(12-18)28(36)30(26(20)34)24-6-2-4-16(24)14-32/h3-4,7-14,23-24H,1-2,5-6H2. The van der Waals surface area contributed by atoms with Crippen molar-refractivity contribution in [2.75, 3.05) is 0 Å². The number of carbonyl (C=O) groups excluding carboxylic acids is 6. The number of hydrogen-bond donors (Lipinski definition) is 0. The predicted molar refractivity (Wildman–Crippen MR) is 128 cm³/mol. The summed E-state index contributed by atoms with van der Waals surface area (Å²) >= 11 is 0. The molecule has 2 unspecified atom stereocenters. The topological polar surface area (TPSA) is 118 Å². The van der Waals surface area contributed by atoms with Crippen LogP contribution in [-0.4, -0.2) is 58.1 Å². The number of aldehydes is 2. The predicted octanol–water partition coefficient (Wildman–Crippen LogP) is 3.25. The number of ether oxygens (including phenoxy) is 1. The van der Waals surface area contributed by atoms with Gasteiger partial charge in [-0.05, 0) is 62.1 Å². The lowest BCUT2D eigenvalue weighted by atomic mass is 10.1. The van der Waals surface area contributed by atoms with Gasteiger partial charge in [-0.25, -0.2) is 0 Å². The van der Waals surface area contributed by atoms with Gasteiger partial charge in [-0.15, -0.1) is 0 Å². The molecular formula is C28H20N2O7. The van der Waals surface area contributed by atoms with E-state index >= 15 is 0 Å². The van der Waals surface area contributed by atoms with Gasteiger partial charge in [-0.1, -0.05) is 12.2 Å². The average molecular weight is 496 g/mol. The Morgan fingerprint density at radius 2 is 1.03 bits per heavy atom. The van der Waals surface area contributed by atoms with Crippen molar-refractivity contribution in [3.63, 3.8) is 0 Å². The number of benzene rings is 2. The van der Waals surface area contributed by atoms with Crippen molar-refractivity contribution < 1.29 is 33.5 Å². The van der Waals surface area contributed by atoms with Crippen LogP contribution in [-0.2, 0) is 9.59 Å². The molecular weight excluding hydrogens is 476 g/mol. The van der Waals surface area contributed by atoms with Crippen LogP contribution in [0.2, 0.25) is 0 Å². The number of fused-ring (bicyclic) bond motifs is 2. The third kappa shape index (κ3) is 3.38. The molecule has 0 saturated heterocycles. The zero-order valence-corrected chi connectivity index (χ0v) is 19.5. The lowest BCUT2D eigenvalue weighted by Crippen LogP contribution is -2.40. The Balaban J connectivity index is 1.25. The summed E-state index contributed by atoms with van der Waals surface area (Å²) in [6.45, 7) is 0. The third-order valence-electron chi connectivity index (χ3n) is 7.32. The summed E-state index contributed by atoms with van der Waals surface area (Å²) in [6, 6.07) is 7.86. The van der Waals surface area contributed by atoms with E-state index in [1.807, 2.05) is 0 Å². The molecule has 0 bridgehead atoms. The highest BCUT2D eigenvalue weighted by atomic mass is 16.5. The first-order valence-corrected chi connectivity index (χ1v) is 11.9. The molecule has 37 heavy (non-hydrogen) atoms. The molecule has 4 aliphatic rings. The van der Waals surface area contributed by atoms with Crippen LogP contribution in [0.5, 0.6) is 11.5 Å². The second-order valence-corrected chi connectivity index (χ2v) is 9.31. The molecule has 9 heteroatoms. The number of carbonyl (C=O) groups is 6. The van der Waals surface area contributed by atoms with Gasteiger partial charge in [0.15, 0.2) is 0 Å². The fourth-order valence-electron chi connectivity index (χ4n) is 5.54. The van der Waals surface area contributed by atoms with E-state index in [2.05, 4.69) is 0 Å². The van der Waals surface area contributed by atoms with Gasteiger partial charge in [0.25, 0.3) is 23.6 Å². The average Bonchev–Trinajstić information content (AvgIpc) is 3.66. The van der Waals surface area contributed by atoms with E-state index in [1.165, 1.54) is 24.3 Å². The van der Waals surface area contributed by atoms with Gasteiger partial charge in [-0.3, -0.25) is 38.6 Å². The van der Waals surface area contributed by atoms with Crippen LogP contribution in [0, 0.1) is 0 Å². The first kappa shape index (κ1) is 22.8. The molecule has 6 rings (SSSR count). The normalized spacial score (nSPS) is 22.3. The van der Waals surface area contributed by atoms with E-state index < -0.39 is 35.7 Å². The summed E-state index contributed by atoms with van der Waals surface area (Å²) in [4.78, 5) is 77.0. The van der Waals surface area contributed by atoms with E-state index in [-0.39, 0.29) is 33.8 Å². The first-order valence-electron chi connectivity index (χ1n) is 11.9. The van der Waals surface area contributed by atoms with Crippen LogP contribution < -0.4 is 4.74 Å². The third-order valence-corrected chi connectivity index (χ3v) is 7.32. The molecule has 0 N–H and O–H groups in total. The van der Waals surface area contributed by atoms with Crippen LogP contribution in [0.4, 0.5) is 0 Å². The summed E-state index contributed by atoms with van der Waals surface area (Å²) in [6.07, 6.45) is 7.08. The lowest BCUT2D eigenvalue weighted by molar-refractivity contribution is -0.106. The minimum atomic E-state index is -0.577. The molecule has 0 spiro atoms. The van der Waals surface area contributed by atoms with Crippen molar-refractivity contribution in [3.8, 4) is 11.5 Å². The number of rotatable bonds is 6. The zero-order valence-electron chi connectivity index (χ0n) is 19.5. The molecule has 0 radical (unpaired) electrons. The molecule has 184 valence electrons. The second kappa shape index (κ2) is 8.48. The van der Waals surface area contributed by atoms with E-state index in [1.54, 1.807) is 24.3 Å². The quantitative estimate of drug-likeness (QED) is 0.445. The Bertz CT molecular complexity index is 1390. The fourth-order valence-corrected chi connectivity index (χ4v) is 5.54. The highest BCUT2D eigenvalue weighted by Gasteiger charge is 2.43. The maximum absolute atomic E-state index is 13.1. The molecule has 2 aromatic rings. The molecule has 0 saturated carbocycles. The highest BCUT2D eigenvalue weighted by molar-refractivity contribution is 6.23. The van der Waals surface area contributed by atoms with Crippen LogP contribution in [0.1, 0.15) is 67.1 Å².